The van der Waals surface area contributed by atoms with Gasteiger partial charge < -0.3 is 24.5 Å². The number of benzene rings is 2. The van der Waals surface area contributed by atoms with Crippen molar-refractivity contribution in [1.29, 1.82) is 0 Å². The Kier molecular flexibility index (Phi) is 9.08. The van der Waals surface area contributed by atoms with Crippen LogP contribution >= 0.6 is 11.8 Å². The number of para-hydroxylation sites is 1. The lowest BCUT2D eigenvalue weighted by atomic mass is 9.70. The van der Waals surface area contributed by atoms with E-state index >= 15 is 0 Å². The van der Waals surface area contributed by atoms with Gasteiger partial charge in [0, 0.05) is 42.9 Å². The van der Waals surface area contributed by atoms with Gasteiger partial charge in [0.15, 0.2) is 0 Å². The first-order valence-corrected chi connectivity index (χ1v) is 15.4. The molecule has 3 amide bonds. The van der Waals surface area contributed by atoms with Gasteiger partial charge in [0.25, 0.3) is 5.91 Å². The van der Waals surface area contributed by atoms with Crippen molar-refractivity contribution in [3.8, 4) is 5.75 Å². The number of nitrogens with zero attached hydrogens (tertiary/aromatic N) is 3. The van der Waals surface area contributed by atoms with E-state index in [1.54, 1.807) is 57.9 Å². The summed E-state index contributed by atoms with van der Waals surface area (Å²) in [6.07, 6.45) is 5.93. The van der Waals surface area contributed by atoms with Crippen LogP contribution in [0.5, 0.6) is 5.75 Å². The number of hydrogen-bond acceptors (Lipinski definition) is 6. The summed E-state index contributed by atoms with van der Waals surface area (Å²) in [7, 11) is 1.59. The van der Waals surface area contributed by atoms with Gasteiger partial charge in [0.2, 0.25) is 11.8 Å². The van der Waals surface area contributed by atoms with E-state index in [9.17, 15) is 19.5 Å². The maximum atomic E-state index is 14.6. The molecule has 5 rings (SSSR count). The lowest BCUT2D eigenvalue weighted by Crippen LogP contribution is -2.55. The summed E-state index contributed by atoms with van der Waals surface area (Å²) >= 11 is 1.66. The molecule has 3 aliphatic rings. The Labute approximate surface area is 252 Å². The Morgan fingerprint density at radius 2 is 1.67 bits per heavy atom. The number of carbonyl (C=O) groups excluding carboxylic acids is 3. The molecule has 0 aliphatic carbocycles. The summed E-state index contributed by atoms with van der Waals surface area (Å²) < 4.78 is 4.60. The van der Waals surface area contributed by atoms with Crippen LogP contribution < -0.4 is 14.5 Å². The minimum Gasteiger partial charge on any atom is -0.497 e. The second-order valence-electron chi connectivity index (χ2n) is 11.0. The number of rotatable bonds is 13. The third-order valence-electron chi connectivity index (χ3n) is 8.73. The lowest BCUT2D eigenvalue weighted by Gasteiger charge is -2.37. The predicted octanol–water partition coefficient (Wildman–Crippen LogP) is 4.30. The number of aliphatic hydroxyl groups is 1. The Bertz CT molecular complexity index is 1320. The van der Waals surface area contributed by atoms with E-state index in [2.05, 4.69) is 13.2 Å². The summed E-state index contributed by atoms with van der Waals surface area (Å²) in [5.74, 6) is -0.872. The molecule has 2 aromatic rings. The van der Waals surface area contributed by atoms with Crippen LogP contribution in [0.2, 0.25) is 0 Å². The highest BCUT2D eigenvalue weighted by Crippen LogP contribution is 2.66. The molecule has 3 fully saturated rings. The first-order valence-electron chi connectivity index (χ1n) is 14.5. The molecular formula is C33H39N3O5S. The summed E-state index contributed by atoms with van der Waals surface area (Å²) in [6.45, 7) is 8.72. The van der Waals surface area contributed by atoms with Gasteiger partial charge in [0.1, 0.15) is 11.8 Å². The van der Waals surface area contributed by atoms with Crippen molar-refractivity contribution in [1.82, 2.24) is 4.90 Å². The number of carbonyl (C=O) groups is 3. The molecule has 3 aliphatic heterocycles. The smallest absolute Gasteiger partial charge is 0.251 e. The molecule has 2 unspecified atom stereocenters. The van der Waals surface area contributed by atoms with Gasteiger partial charge in [-0.3, -0.25) is 14.4 Å². The summed E-state index contributed by atoms with van der Waals surface area (Å²) in [6, 6.07) is 16.0. The number of amides is 3. The summed E-state index contributed by atoms with van der Waals surface area (Å²) in [5.41, 5.74) is 1.45. The van der Waals surface area contributed by atoms with Crippen LogP contribution in [0, 0.1) is 11.8 Å². The van der Waals surface area contributed by atoms with Crippen LogP contribution in [-0.2, 0) is 14.4 Å². The molecular weight excluding hydrogens is 550 g/mol. The molecule has 42 heavy (non-hydrogen) atoms. The first-order chi connectivity index (χ1) is 20.4. The molecule has 3 heterocycles. The van der Waals surface area contributed by atoms with Crippen molar-refractivity contribution in [3.63, 3.8) is 0 Å². The number of thioether (sulfide) groups is 1. The third kappa shape index (κ3) is 5.13. The van der Waals surface area contributed by atoms with Gasteiger partial charge in [-0.25, -0.2) is 0 Å². The normalized spacial score (nSPS) is 25.7. The number of anilines is 2. The van der Waals surface area contributed by atoms with Crippen LogP contribution in [-0.4, -0.2) is 77.1 Å². The average molecular weight is 590 g/mol. The molecule has 0 saturated carbocycles. The minimum atomic E-state index is -0.729. The van der Waals surface area contributed by atoms with E-state index < -0.39 is 22.6 Å². The maximum absolute atomic E-state index is 14.6. The van der Waals surface area contributed by atoms with E-state index in [0.717, 1.165) is 12.1 Å². The monoisotopic (exact) mass is 589 g/mol. The van der Waals surface area contributed by atoms with E-state index in [1.807, 2.05) is 42.5 Å². The van der Waals surface area contributed by atoms with Crippen molar-refractivity contribution in [2.45, 2.75) is 41.7 Å². The van der Waals surface area contributed by atoms with E-state index in [-0.39, 0.29) is 36.1 Å². The van der Waals surface area contributed by atoms with E-state index in [1.165, 1.54) is 0 Å². The highest BCUT2D eigenvalue weighted by atomic mass is 32.2. The largest absolute Gasteiger partial charge is 0.497 e. The maximum Gasteiger partial charge on any atom is 0.251 e. The Balaban J connectivity index is 1.54. The average Bonchev–Trinajstić information content (AvgIpc) is 3.66. The molecule has 0 radical (unpaired) electrons. The standard InChI is InChI=1S/C33H39N3O5S/c1-4-19-34(23-11-7-6-8-12-23)30(38)27-26-17-18-33(42-26)28(27)31(39)36(21-9-10-22-37)29(33)32(40)35(20-5-2)24-13-15-25(41-3)16-14-24/h4-8,11-16,26-29,37H,1-2,9-10,17-22H2,3H3/t26-,27+,28-,29?,33?/m0/s1. The van der Waals surface area contributed by atoms with Crippen LogP contribution in [0.25, 0.3) is 0 Å². The molecule has 9 heteroatoms. The molecule has 1 N–H and O–H groups in total. The number of hydrogen-bond donors (Lipinski definition) is 1. The SMILES string of the molecule is C=CCN(C(=O)C1N(CCCCO)C(=O)[C@@H]2[C@H](C(=O)N(CC=C)c3ccccc3)[C@@H]3CCC12S3)c1ccc(OC)cc1. The number of ether oxygens (including phenoxy) is 1. The molecule has 0 aromatic heterocycles. The van der Waals surface area contributed by atoms with Crippen LogP contribution in [0.4, 0.5) is 11.4 Å². The lowest BCUT2D eigenvalue weighted by molar-refractivity contribution is -0.139. The number of fused-ring (bicyclic) bond motifs is 1. The Morgan fingerprint density at radius 1 is 1.02 bits per heavy atom. The van der Waals surface area contributed by atoms with Gasteiger partial charge >= 0.3 is 0 Å². The second kappa shape index (κ2) is 12.8. The summed E-state index contributed by atoms with van der Waals surface area (Å²) in [4.78, 5) is 48.4. The highest BCUT2D eigenvalue weighted by Gasteiger charge is 2.74. The topological polar surface area (TPSA) is 90.4 Å². The Hall–Kier alpha value is -3.56. The fourth-order valence-corrected chi connectivity index (χ4v) is 9.16. The van der Waals surface area contributed by atoms with Gasteiger partial charge in [0.05, 0.1) is 23.7 Å². The number of unbranched alkanes of at least 4 members (excludes halogenated alkanes) is 1. The van der Waals surface area contributed by atoms with Crippen LogP contribution in [0.15, 0.2) is 79.9 Å². The summed E-state index contributed by atoms with van der Waals surface area (Å²) in [5, 5.41) is 9.42. The number of aliphatic hydroxyl groups excluding tert-OH is 1. The zero-order valence-corrected chi connectivity index (χ0v) is 24.9. The number of methoxy groups -OCH3 is 1. The molecule has 1 spiro atoms. The zero-order chi connectivity index (χ0) is 29.9. The molecule has 8 nitrogen and oxygen atoms in total. The first kappa shape index (κ1) is 29.9. The molecule has 222 valence electrons. The molecule has 5 atom stereocenters. The minimum absolute atomic E-state index is 0.00910. The quantitative estimate of drug-likeness (QED) is 0.277. The molecule has 2 bridgehead atoms. The van der Waals surface area contributed by atoms with Crippen molar-refractivity contribution >= 4 is 40.9 Å². The van der Waals surface area contributed by atoms with Crippen molar-refractivity contribution in [2.75, 3.05) is 43.2 Å². The van der Waals surface area contributed by atoms with Crippen LogP contribution in [0.3, 0.4) is 0 Å². The van der Waals surface area contributed by atoms with Crippen molar-refractivity contribution in [2.24, 2.45) is 11.8 Å². The molecule has 3 saturated heterocycles. The van der Waals surface area contributed by atoms with E-state index in [0.29, 0.717) is 43.8 Å². The van der Waals surface area contributed by atoms with Crippen molar-refractivity contribution < 1.29 is 24.2 Å². The highest BCUT2D eigenvalue weighted by molar-refractivity contribution is 8.02. The fourth-order valence-electron chi connectivity index (χ4n) is 6.95. The van der Waals surface area contributed by atoms with Gasteiger partial charge in [-0.05, 0) is 62.1 Å². The Morgan fingerprint density at radius 3 is 2.29 bits per heavy atom. The zero-order valence-electron chi connectivity index (χ0n) is 24.1. The fraction of sp³-hybridized carbons (Fsp3) is 0.424. The van der Waals surface area contributed by atoms with Crippen molar-refractivity contribution in [3.05, 3.63) is 79.9 Å². The molecule has 2 aromatic carbocycles. The van der Waals surface area contributed by atoms with Crippen LogP contribution in [0.1, 0.15) is 25.7 Å². The predicted molar refractivity (Wildman–Crippen MR) is 167 cm³/mol. The van der Waals surface area contributed by atoms with E-state index in [4.69, 9.17) is 4.74 Å². The second-order valence-corrected chi connectivity index (χ2v) is 12.6. The third-order valence-corrected chi connectivity index (χ3v) is 10.7. The van der Waals surface area contributed by atoms with Gasteiger partial charge in [-0.15, -0.1) is 24.9 Å². The number of likely N-dealkylation sites (tertiary alicyclic amines) is 1. The van der Waals surface area contributed by atoms with Gasteiger partial charge in [-0.1, -0.05) is 30.4 Å². The van der Waals surface area contributed by atoms with Gasteiger partial charge in [-0.2, -0.15) is 0 Å².